The molecule has 4 amide bonds. The summed E-state index contributed by atoms with van der Waals surface area (Å²) < 4.78 is 47.5. The quantitative estimate of drug-likeness (QED) is 0.170. The predicted octanol–water partition coefficient (Wildman–Crippen LogP) is 4.56. The van der Waals surface area contributed by atoms with Crippen LogP contribution in [0.5, 0.6) is 5.75 Å². The van der Waals surface area contributed by atoms with Crippen molar-refractivity contribution in [1.82, 2.24) is 20.1 Å². The molecule has 3 aliphatic rings. The Bertz CT molecular complexity index is 2310. The van der Waals surface area contributed by atoms with Gasteiger partial charge in [-0.25, -0.2) is 4.98 Å². The first-order chi connectivity index (χ1) is 28.4. The lowest BCUT2D eigenvalue weighted by atomic mass is 10.0. The number of hydrogen-bond acceptors (Lipinski definition) is 12. The lowest BCUT2D eigenvalue weighted by Crippen LogP contribution is -2.54. The van der Waals surface area contributed by atoms with E-state index in [1.165, 1.54) is 11.0 Å². The summed E-state index contributed by atoms with van der Waals surface area (Å²) >= 11 is 5.67. The lowest BCUT2D eigenvalue weighted by Gasteiger charge is -2.39. The molecule has 15 nitrogen and oxygen atoms in total. The maximum Gasteiger partial charge on any atom is 0.417 e. The number of piperidine rings is 1. The van der Waals surface area contributed by atoms with E-state index in [4.69, 9.17) is 17.0 Å². The van der Waals surface area contributed by atoms with Gasteiger partial charge in [0.15, 0.2) is 5.11 Å². The Balaban J connectivity index is 1.03. The average Bonchev–Trinajstić information content (AvgIpc) is 3.37. The highest BCUT2D eigenvalue weighted by atomic mass is 32.1. The van der Waals surface area contributed by atoms with E-state index >= 15 is 0 Å². The van der Waals surface area contributed by atoms with Crippen LogP contribution in [0.3, 0.4) is 0 Å². The van der Waals surface area contributed by atoms with E-state index in [1.54, 1.807) is 50.4 Å². The van der Waals surface area contributed by atoms with Crippen molar-refractivity contribution in [3.8, 4) is 17.9 Å². The number of aromatic nitrogens is 1. The minimum atomic E-state index is -4.82. The number of halogens is 3. The average molecular weight is 845 g/mol. The minimum absolute atomic E-state index is 0.0334. The highest BCUT2D eigenvalue weighted by Crippen LogP contribution is 2.40. The number of alkyl halides is 3. The van der Waals surface area contributed by atoms with E-state index in [1.807, 2.05) is 13.8 Å². The molecule has 3 N–H and O–H groups in total. The zero-order valence-corrected chi connectivity index (χ0v) is 34.2. The third kappa shape index (κ3) is 9.33. The normalized spacial score (nSPS) is 19.8. The van der Waals surface area contributed by atoms with Crippen molar-refractivity contribution in [1.29, 1.82) is 10.5 Å². The van der Waals surface area contributed by atoms with Gasteiger partial charge in [-0.3, -0.25) is 44.1 Å². The summed E-state index contributed by atoms with van der Waals surface area (Å²) in [6, 6.07) is 12.6. The first-order valence-corrected chi connectivity index (χ1v) is 19.7. The van der Waals surface area contributed by atoms with E-state index in [0.717, 1.165) is 22.6 Å². The zero-order valence-electron chi connectivity index (χ0n) is 33.4. The van der Waals surface area contributed by atoms with Crippen LogP contribution in [0.2, 0.25) is 0 Å². The number of aryl methyl sites for hydroxylation is 1. The molecule has 6 rings (SSSR count). The molecule has 0 aliphatic carbocycles. The monoisotopic (exact) mass is 844 g/mol. The summed E-state index contributed by atoms with van der Waals surface area (Å²) in [6.45, 7) is 10.2. The fourth-order valence-corrected chi connectivity index (χ4v) is 7.98. The maximum atomic E-state index is 13.8. The first kappa shape index (κ1) is 43.4. The summed E-state index contributed by atoms with van der Waals surface area (Å²) in [5.41, 5.74) is -1.19. The summed E-state index contributed by atoms with van der Waals surface area (Å²) in [7, 11) is 0. The number of imide groups is 1. The largest absolute Gasteiger partial charge is 0.490 e. The third-order valence-electron chi connectivity index (χ3n) is 10.7. The van der Waals surface area contributed by atoms with Gasteiger partial charge in [-0.2, -0.15) is 23.7 Å². The molecule has 0 radical (unpaired) electrons. The highest BCUT2D eigenvalue weighted by Gasteiger charge is 2.51. The molecule has 2 aromatic carbocycles. The number of benzene rings is 2. The van der Waals surface area contributed by atoms with Gasteiger partial charge in [0, 0.05) is 50.0 Å². The van der Waals surface area contributed by atoms with Crippen molar-refractivity contribution >= 4 is 63.8 Å². The Kier molecular flexibility index (Phi) is 12.7. The smallest absolute Gasteiger partial charge is 0.417 e. The Morgan fingerprint density at radius 3 is 2.50 bits per heavy atom. The number of rotatable bonds is 12. The Morgan fingerprint density at radius 1 is 1.08 bits per heavy atom. The lowest BCUT2D eigenvalue weighted by molar-refractivity contribution is -0.138. The van der Waals surface area contributed by atoms with E-state index in [9.17, 15) is 42.9 Å². The molecule has 0 spiro atoms. The van der Waals surface area contributed by atoms with Gasteiger partial charge in [-0.15, -0.1) is 0 Å². The topological polar surface area (TPSA) is 187 Å². The molecule has 1 unspecified atom stereocenters. The molecule has 314 valence electrons. The van der Waals surface area contributed by atoms with Crippen LogP contribution in [0.4, 0.5) is 36.1 Å². The van der Waals surface area contributed by atoms with Crippen molar-refractivity contribution in [2.75, 3.05) is 59.8 Å². The number of nitriles is 2. The third-order valence-corrected chi connectivity index (χ3v) is 11.1. The molecular formula is C41H43F3N10O5S. The second-order valence-corrected chi connectivity index (χ2v) is 15.6. The molecule has 3 aromatic rings. The second-order valence-electron chi connectivity index (χ2n) is 15.2. The summed E-state index contributed by atoms with van der Waals surface area (Å²) in [5.74, 6) is -0.736. The molecule has 3 aliphatic heterocycles. The molecular weight excluding hydrogens is 802 g/mol. The number of piperazine rings is 1. The molecule has 1 aromatic heterocycles. The van der Waals surface area contributed by atoms with Crippen LogP contribution < -0.4 is 30.5 Å². The number of nitrogens with zero attached hydrogens (tertiary/aromatic N) is 7. The van der Waals surface area contributed by atoms with Crippen molar-refractivity contribution in [2.24, 2.45) is 0 Å². The molecule has 2 atom stereocenters. The number of carbonyl (C=O) groups is 4. The first-order valence-electron chi connectivity index (χ1n) is 19.3. The number of pyridine rings is 1. The second kappa shape index (κ2) is 17.6. The molecule has 0 bridgehead atoms. The molecule has 60 heavy (non-hydrogen) atoms. The van der Waals surface area contributed by atoms with Crippen molar-refractivity contribution in [2.45, 2.75) is 70.8 Å². The number of thiocarbonyl (C=S) groups is 1. The Hall–Kier alpha value is -6.15. The van der Waals surface area contributed by atoms with Gasteiger partial charge >= 0.3 is 6.18 Å². The van der Waals surface area contributed by atoms with Crippen molar-refractivity contribution < 1.29 is 37.1 Å². The molecule has 3 saturated heterocycles. The van der Waals surface area contributed by atoms with Crippen molar-refractivity contribution in [3.63, 3.8) is 0 Å². The standard InChI is InChI=1S/C41H43F3N10O5S/c1-5-26-16-34(54-39(60)53(38(58)40(54,3)4)30-7-6-27(20-46)31(18-30)41(42,43)44)47-21-33(26)59-13-12-51-10-11-52(24(2)22-51)23-36(56)49-29-15-25(19-45)14-28(17-29)48-32-8-9-35(55)50-37(32)57/h6-7,14-18,21,24,32,48H,5,8-13,22-23H2,1-4H3,(H,49,56)(H,50,55,57)/t24-,32?/m1/s1. The number of nitrogens with one attached hydrogen (secondary N) is 3. The molecule has 4 heterocycles. The van der Waals surface area contributed by atoms with Crippen LogP contribution in [-0.4, -0.2) is 100 Å². The number of amides is 4. The van der Waals surface area contributed by atoms with Crippen molar-refractivity contribution in [3.05, 3.63) is 70.9 Å². The van der Waals surface area contributed by atoms with Crippen LogP contribution >= 0.6 is 12.2 Å². The van der Waals surface area contributed by atoms with Crippen LogP contribution in [0, 0.1) is 22.7 Å². The minimum Gasteiger partial charge on any atom is -0.490 e. The van der Waals surface area contributed by atoms with Gasteiger partial charge in [0.25, 0.3) is 5.91 Å². The van der Waals surface area contributed by atoms with Gasteiger partial charge in [0.05, 0.1) is 47.3 Å². The summed E-state index contributed by atoms with van der Waals surface area (Å²) in [6.07, 6.45) is -2.22. The van der Waals surface area contributed by atoms with Gasteiger partial charge < -0.3 is 15.4 Å². The zero-order chi connectivity index (χ0) is 43.5. The van der Waals surface area contributed by atoms with Crippen LogP contribution in [0.1, 0.15) is 62.8 Å². The van der Waals surface area contributed by atoms with Gasteiger partial charge in [0.1, 0.15) is 29.8 Å². The number of anilines is 4. The van der Waals surface area contributed by atoms with E-state index in [2.05, 4.69) is 36.8 Å². The van der Waals surface area contributed by atoms with Crippen LogP contribution in [0.15, 0.2) is 48.7 Å². The van der Waals surface area contributed by atoms with Crippen LogP contribution in [0.25, 0.3) is 0 Å². The maximum absolute atomic E-state index is 13.8. The number of hydrogen-bond donors (Lipinski definition) is 3. The summed E-state index contributed by atoms with van der Waals surface area (Å²) in [5, 5.41) is 26.9. The molecule has 19 heteroatoms. The molecule has 3 fully saturated rings. The molecule has 0 saturated carbocycles. The Labute approximate surface area is 350 Å². The highest BCUT2D eigenvalue weighted by molar-refractivity contribution is 7.81. The van der Waals surface area contributed by atoms with E-state index in [0.29, 0.717) is 74.1 Å². The van der Waals surface area contributed by atoms with Gasteiger partial charge in [-0.1, -0.05) is 6.92 Å². The van der Waals surface area contributed by atoms with Gasteiger partial charge in [-0.05, 0) is 93.9 Å². The van der Waals surface area contributed by atoms with E-state index in [-0.39, 0.29) is 41.6 Å². The fourth-order valence-electron chi connectivity index (χ4n) is 7.47. The van der Waals surface area contributed by atoms with E-state index < -0.39 is 40.7 Å². The summed E-state index contributed by atoms with van der Waals surface area (Å²) in [4.78, 5) is 61.9. The fraction of sp³-hybridized carbons (Fsp3) is 0.415. The predicted molar refractivity (Wildman–Crippen MR) is 219 cm³/mol. The number of ether oxygens (including phenoxy) is 1. The van der Waals surface area contributed by atoms with Crippen LogP contribution in [-0.2, 0) is 31.8 Å². The SMILES string of the molecule is CCc1cc(N2C(=S)N(c3ccc(C#N)c(C(F)(F)F)c3)C(=O)C2(C)C)ncc1OCCN1CCN(CC(=O)Nc2cc(C#N)cc(NC3CCC(=O)NC3=O)c2)[C@H](C)C1. The van der Waals surface area contributed by atoms with Gasteiger partial charge in [0.2, 0.25) is 17.7 Å². The Morgan fingerprint density at radius 2 is 1.83 bits per heavy atom. The number of carbonyl (C=O) groups excluding carboxylic acids is 4.